The Bertz CT molecular complexity index is 1950. The van der Waals surface area contributed by atoms with Crippen LogP contribution < -0.4 is 0 Å². The van der Waals surface area contributed by atoms with E-state index in [1.165, 1.54) is 60.8 Å². The van der Waals surface area contributed by atoms with Gasteiger partial charge in [0.15, 0.2) is 0 Å². The van der Waals surface area contributed by atoms with Gasteiger partial charge in [-0.05, 0) is 63.4 Å². The molecule has 1 aromatic heterocycles. The number of benzene rings is 6. The molecule has 0 radical (unpaired) electrons. The van der Waals surface area contributed by atoms with Crippen LogP contribution in [0, 0.1) is 5.92 Å². The zero-order valence-corrected chi connectivity index (χ0v) is 24.2. The van der Waals surface area contributed by atoms with Crippen LogP contribution in [0.2, 0.25) is 0 Å². The Kier molecular flexibility index (Phi) is 6.93. The van der Waals surface area contributed by atoms with Gasteiger partial charge >= 0.3 is 0 Å². The van der Waals surface area contributed by atoms with Crippen molar-refractivity contribution < 1.29 is 0 Å². The van der Waals surface area contributed by atoms with Crippen LogP contribution in [0.5, 0.6) is 0 Å². The molecule has 0 bridgehead atoms. The molecule has 2 atom stereocenters. The number of hydrogen-bond acceptors (Lipinski definition) is 0. The van der Waals surface area contributed by atoms with E-state index in [0.29, 0.717) is 5.92 Å². The Hall–Kier alpha value is -4.88. The van der Waals surface area contributed by atoms with Gasteiger partial charge in [0.1, 0.15) is 0 Å². The lowest BCUT2D eigenvalue weighted by Crippen LogP contribution is -2.14. The molecule has 0 aliphatic heterocycles. The fourth-order valence-electron chi connectivity index (χ4n) is 6.79. The molecule has 6 aromatic carbocycles. The number of hydrogen-bond donors (Lipinski definition) is 0. The van der Waals surface area contributed by atoms with Crippen molar-refractivity contribution in [2.24, 2.45) is 13.0 Å². The first-order valence-electron chi connectivity index (χ1n) is 14.9. The molecule has 1 nitrogen and oxygen atoms in total. The number of rotatable bonds is 7. The first kappa shape index (κ1) is 26.0. The number of fused-ring (bicyclic) bond motifs is 3. The van der Waals surface area contributed by atoms with Crippen LogP contribution in [0.3, 0.4) is 0 Å². The van der Waals surface area contributed by atoms with Gasteiger partial charge < -0.3 is 4.57 Å². The summed E-state index contributed by atoms with van der Waals surface area (Å²) < 4.78 is 2.31. The minimum atomic E-state index is 0.289. The third kappa shape index (κ3) is 4.82. The topological polar surface area (TPSA) is 4.93 Å². The van der Waals surface area contributed by atoms with E-state index in [9.17, 15) is 0 Å². The minimum Gasteiger partial charge on any atom is -0.344 e. The van der Waals surface area contributed by atoms with Crippen LogP contribution in [0.1, 0.15) is 29.5 Å². The van der Waals surface area contributed by atoms with Crippen LogP contribution in [0.15, 0.2) is 152 Å². The summed E-state index contributed by atoms with van der Waals surface area (Å²) in [6, 6.07) is 55.5. The van der Waals surface area contributed by atoms with E-state index >= 15 is 0 Å². The zero-order valence-electron chi connectivity index (χ0n) is 24.2. The van der Waals surface area contributed by atoms with Gasteiger partial charge in [-0.25, -0.2) is 0 Å². The highest BCUT2D eigenvalue weighted by molar-refractivity contribution is 6.14. The molecule has 0 aliphatic carbocycles. The monoisotopic (exact) mass is 541 g/mol. The van der Waals surface area contributed by atoms with Gasteiger partial charge in [-0.15, -0.1) is 0 Å². The lowest BCUT2D eigenvalue weighted by atomic mass is 9.78. The number of aryl methyl sites for hydroxylation is 1. The van der Waals surface area contributed by atoms with Gasteiger partial charge in [-0.3, -0.25) is 0 Å². The first-order valence-corrected chi connectivity index (χ1v) is 14.9. The molecule has 0 saturated carbocycles. The zero-order chi connectivity index (χ0) is 28.5. The molecule has 204 valence electrons. The highest BCUT2D eigenvalue weighted by Crippen LogP contribution is 2.39. The van der Waals surface area contributed by atoms with Crippen molar-refractivity contribution >= 4 is 21.8 Å². The largest absolute Gasteiger partial charge is 0.344 e. The summed E-state index contributed by atoms with van der Waals surface area (Å²) in [5.74, 6) is 0.722. The predicted octanol–water partition coefficient (Wildman–Crippen LogP) is 10.7. The molecule has 0 spiro atoms. The molecule has 0 saturated heterocycles. The van der Waals surface area contributed by atoms with Gasteiger partial charge in [-0.2, -0.15) is 0 Å². The normalized spacial score (nSPS) is 12.9. The van der Waals surface area contributed by atoms with E-state index in [2.05, 4.69) is 170 Å². The summed E-state index contributed by atoms with van der Waals surface area (Å²) in [5, 5.41) is 2.64. The van der Waals surface area contributed by atoms with Crippen molar-refractivity contribution in [1.29, 1.82) is 0 Å². The number of aromatic nitrogens is 1. The Morgan fingerprint density at radius 1 is 0.500 bits per heavy atom. The summed E-state index contributed by atoms with van der Waals surface area (Å²) in [6.45, 7) is 2.40. The average molecular weight is 542 g/mol. The quantitative estimate of drug-likeness (QED) is 0.189. The molecule has 0 fully saturated rings. The van der Waals surface area contributed by atoms with Crippen LogP contribution >= 0.6 is 0 Å². The lowest BCUT2D eigenvalue weighted by molar-refractivity contribution is 0.510. The maximum atomic E-state index is 2.40. The molecular formula is C41H35N. The number of para-hydroxylation sites is 1. The Morgan fingerprint density at radius 3 is 1.74 bits per heavy atom. The highest BCUT2D eigenvalue weighted by Gasteiger charge is 2.22. The van der Waals surface area contributed by atoms with Crippen molar-refractivity contribution in [2.45, 2.75) is 19.3 Å². The van der Waals surface area contributed by atoms with Gasteiger partial charge in [0.2, 0.25) is 0 Å². The van der Waals surface area contributed by atoms with Gasteiger partial charge in [0.05, 0.1) is 0 Å². The van der Waals surface area contributed by atoms with E-state index in [1.807, 2.05) is 0 Å². The van der Waals surface area contributed by atoms with Crippen molar-refractivity contribution in [3.8, 4) is 22.3 Å². The summed E-state index contributed by atoms with van der Waals surface area (Å²) in [5.41, 5.74) is 11.7. The minimum absolute atomic E-state index is 0.289. The van der Waals surface area contributed by atoms with E-state index in [1.54, 1.807) is 0 Å². The second-order valence-electron chi connectivity index (χ2n) is 11.5. The van der Waals surface area contributed by atoms with Crippen LogP contribution in [0.25, 0.3) is 44.1 Å². The molecule has 7 aromatic rings. The maximum absolute atomic E-state index is 2.40. The third-order valence-electron chi connectivity index (χ3n) is 8.87. The van der Waals surface area contributed by atoms with Gasteiger partial charge in [-0.1, -0.05) is 146 Å². The third-order valence-corrected chi connectivity index (χ3v) is 8.87. The molecule has 0 aliphatic rings. The molecule has 1 heteroatoms. The van der Waals surface area contributed by atoms with Gasteiger partial charge in [0.25, 0.3) is 0 Å². The number of nitrogens with zero attached hydrogens (tertiary/aromatic N) is 1. The fourth-order valence-corrected chi connectivity index (χ4v) is 6.79. The first-order chi connectivity index (χ1) is 20.7. The smallest absolute Gasteiger partial charge is 0.0495 e. The highest BCUT2D eigenvalue weighted by atomic mass is 14.9. The Morgan fingerprint density at radius 2 is 1.05 bits per heavy atom. The fraction of sp³-hybridized carbons (Fsp3) is 0.122. The molecule has 42 heavy (non-hydrogen) atoms. The lowest BCUT2D eigenvalue weighted by Gasteiger charge is -2.26. The molecule has 7 rings (SSSR count). The Balaban J connectivity index is 1.28. The molecular weight excluding hydrogens is 506 g/mol. The van der Waals surface area contributed by atoms with E-state index in [0.717, 1.165) is 6.42 Å². The van der Waals surface area contributed by atoms with E-state index in [-0.39, 0.29) is 5.92 Å². The van der Waals surface area contributed by atoms with Crippen molar-refractivity contribution in [1.82, 2.24) is 4.57 Å². The summed E-state index contributed by atoms with van der Waals surface area (Å²) in [7, 11) is 2.17. The second kappa shape index (κ2) is 11.2. The molecule has 2 unspecified atom stereocenters. The van der Waals surface area contributed by atoms with Crippen molar-refractivity contribution in [3.05, 3.63) is 168 Å². The van der Waals surface area contributed by atoms with Crippen molar-refractivity contribution in [3.63, 3.8) is 0 Å². The summed E-state index contributed by atoms with van der Waals surface area (Å²) in [4.78, 5) is 0. The predicted molar refractivity (Wildman–Crippen MR) is 179 cm³/mol. The SMILES string of the molecule is CC(Cc1ccccc1)C(c1ccc(-c2ccccc2)cc1)c1ccc(-c2cccc3c2c2ccccc2n3C)cc1. The maximum Gasteiger partial charge on any atom is 0.0495 e. The van der Waals surface area contributed by atoms with E-state index in [4.69, 9.17) is 0 Å². The van der Waals surface area contributed by atoms with Crippen LogP contribution in [-0.2, 0) is 13.5 Å². The molecule has 1 heterocycles. The van der Waals surface area contributed by atoms with Crippen LogP contribution in [-0.4, -0.2) is 4.57 Å². The second-order valence-corrected chi connectivity index (χ2v) is 11.5. The summed E-state index contributed by atoms with van der Waals surface area (Å²) in [6.07, 6.45) is 1.03. The van der Waals surface area contributed by atoms with E-state index < -0.39 is 0 Å². The standard InChI is InChI=1S/C41H35N/c1-29(28-30-12-5-3-6-13-30)40(34-24-20-32(21-25-34)31-14-7-4-8-15-31)35-26-22-33(23-27-35)36-17-11-19-39-41(36)37-16-9-10-18-38(37)42(39)2/h3-27,29,40H,28H2,1-2H3. The average Bonchev–Trinajstić information content (AvgIpc) is 3.35. The Labute approximate surface area is 248 Å². The molecule has 0 amide bonds. The van der Waals surface area contributed by atoms with Crippen molar-refractivity contribution in [2.75, 3.05) is 0 Å². The molecule has 0 N–H and O–H groups in total. The van der Waals surface area contributed by atoms with Gasteiger partial charge in [0, 0.05) is 34.8 Å². The summed E-state index contributed by atoms with van der Waals surface area (Å²) >= 11 is 0. The van der Waals surface area contributed by atoms with Crippen LogP contribution in [0.4, 0.5) is 0 Å².